The fraction of sp³-hybridized carbons (Fsp3) is 0.822. The Morgan fingerprint density at radius 1 is 1.00 bits per heavy atom. The Kier molecular flexibility index (Phi) is 18.1. The van der Waals surface area contributed by atoms with Crippen molar-refractivity contribution in [3.63, 3.8) is 0 Å². The molecule has 6 N–H and O–H groups in total. The molecule has 3 aliphatic heterocycles. The number of carbonyl (C=O) groups is 1. The maximum absolute atomic E-state index is 14.5. The molecule has 0 unspecified atom stereocenters. The van der Waals surface area contributed by atoms with Gasteiger partial charge in [-0.2, -0.15) is 13.2 Å². The number of aliphatic hydroxyl groups excluding tert-OH is 3. The lowest BCUT2D eigenvalue weighted by Crippen LogP contribution is -2.61. The van der Waals surface area contributed by atoms with Gasteiger partial charge in [-0.25, -0.2) is 0 Å². The lowest BCUT2D eigenvalue weighted by atomic mass is 9.77. The third kappa shape index (κ3) is 12.4. The van der Waals surface area contributed by atoms with E-state index in [9.17, 15) is 43.5 Å². The quantitative estimate of drug-likeness (QED) is 0.155. The normalized spacial score (nSPS) is 42.4. The van der Waals surface area contributed by atoms with Crippen LogP contribution in [0.15, 0.2) is 24.3 Å². The number of alkyl halides is 3. The van der Waals surface area contributed by atoms with E-state index in [0.717, 1.165) is 12.1 Å². The van der Waals surface area contributed by atoms with Gasteiger partial charge in [0, 0.05) is 37.7 Å². The maximum Gasteiger partial charge on any atom is 0.416 e. The van der Waals surface area contributed by atoms with E-state index in [1.807, 2.05) is 32.8 Å². The highest BCUT2D eigenvalue weighted by Crippen LogP contribution is 2.41. The Morgan fingerprint density at radius 3 is 2.22 bits per heavy atom. The van der Waals surface area contributed by atoms with Crippen molar-refractivity contribution in [1.82, 2.24) is 9.80 Å². The molecular formula is C45H74F3N3O12S. The zero-order valence-electron chi connectivity index (χ0n) is 39.5. The van der Waals surface area contributed by atoms with Gasteiger partial charge < -0.3 is 69.1 Å². The largest absolute Gasteiger partial charge is 0.459 e. The molecule has 64 heavy (non-hydrogen) atoms. The summed E-state index contributed by atoms with van der Waals surface area (Å²) in [5.41, 5.74) is -5.90. The van der Waals surface area contributed by atoms with Gasteiger partial charge in [-0.1, -0.05) is 26.8 Å². The number of anilines is 1. The van der Waals surface area contributed by atoms with Crippen LogP contribution >= 0.6 is 12.2 Å². The third-order valence-electron chi connectivity index (χ3n) is 13.6. The molecule has 0 saturated carbocycles. The van der Waals surface area contributed by atoms with Crippen LogP contribution in [0.25, 0.3) is 0 Å². The van der Waals surface area contributed by atoms with Crippen LogP contribution in [-0.4, -0.2) is 164 Å². The highest BCUT2D eigenvalue weighted by Gasteiger charge is 2.53. The molecule has 0 amide bonds. The van der Waals surface area contributed by atoms with E-state index in [4.69, 9.17) is 40.6 Å². The fourth-order valence-electron chi connectivity index (χ4n) is 9.75. The van der Waals surface area contributed by atoms with Crippen molar-refractivity contribution in [3.05, 3.63) is 29.8 Å². The molecule has 1 aromatic carbocycles. The molecule has 18 atom stereocenters. The molecule has 3 aliphatic rings. The summed E-state index contributed by atoms with van der Waals surface area (Å²) in [5.74, 6) is -3.40. The van der Waals surface area contributed by atoms with Crippen LogP contribution in [0.2, 0.25) is 0 Å². The number of thiocarbonyl (C=S) groups is 1. The van der Waals surface area contributed by atoms with Gasteiger partial charge >= 0.3 is 12.1 Å². The van der Waals surface area contributed by atoms with Gasteiger partial charge in [0.1, 0.15) is 30.0 Å². The zero-order valence-corrected chi connectivity index (χ0v) is 40.4. The van der Waals surface area contributed by atoms with Crippen LogP contribution in [0.1, 0.15) is 100 Å². The summed E-state index contributed by atoms with van der Waals surface area (Å²) in [5, 5.41) is 62.4. The summed E-state index contributed by atoms with van der Waals surface area (Å²) in [4.78, 5) is 17.9. The first-order valence-electron chi connectivity index (χ1n) is 22.3. The summed E-state index contributed by atoms with van der Waals surface area (Å²) in [6.45, 7) is 16.5. The van der Waals surface area contributed by atoms with Gasteiger partial charge in [-0.15, -0.1) is 0 Å². The Balaban J connectivity index is 1.86. The van der Waals surface area contributed by atoms with Crippen molar-refractivity contribution in [1.29, 1.82) is 0 Å². The molecule has 368 valence electrons. The Labute approximate surface area is 381 Å². The molecule has 0 spiro atoms. The number of halogens is 3. The van der Waals surface area contributed by atoms with Crippen LogP contribution in [0.5, 0.6) is 0 Å². The van der Waals surface area contributed by atoms with E-state index in [0.29, 0.717) is 6.42 Å². The second-order valence-corrected chi connectivity index (χ2v) is 19.8. The van der Waals surface area contributed by atoms with Crippen molar-refractivity contribution in [2.75, 3.05) is 33.1 Å². The van der Waals surface area contributed by atoms with E-state index in [2.05, 4.69) is 5.32 Å². The Morgan fingerprint density at radius 2 is 1.64 bits per heavy atom. The molecule has 15 nitrogen and oxygen atoms in total. The SMILES string of the molecule is CC[C@H]1OC(=O)[C@H](C)[C@@H](O[C@H]2C[C@@](C)(OC)[C@@H](O)[C@H](C)O2)[C@H](C)[C@@H](O[C@@H]2O[C@H](C)C[C@H](N(C)C)[C@H]2O)[C@](C)(O)C[C@@H](C)CN(C(=S)Nc2cccc(C(F)(F)F)c2)[C@H](C)[C@@H](O)[C@]1(C)O. The van der Waals surface area contributed by atoms with Crippen molar-refractivity contribution in [2.24, 2.45) is 17.8 Å². The summed E-state index contributed by atoms with van der Waals surface area (Å²) in [7, 11) is 5.13. The van der Waals surface area contributed by atoms with Crippen LogP contribution in [0, 0.1) is 17.8 Å². The van der Waals surface area contributed by atoms with Crippen LogP contribution in [0.4, 0.5) is 18.9 Å². The molecule has 0 radical (unpaired) electrons. The number of nitrogens with one attached hydrogen (secondary N) is 1. The topological polar surface area (TPSA) is 192 Å². The third-order valence-corrected chi connectivity index (χ3v) is 14.0. The molecule has 1 aromatic rings. The lowest BCUT2D eigenvalue weighted by molar-refractivity contribution is -0.318. The van der Waals surface area contributed by atoms with E-state index in [-0.39, 0.29) is 48.8 Å². The van der Waals surface area contributed by atoms with E-state index in [1.54, 1.807) is 48.5 Å². The van der Waals surface area contributed by atoms with Crippen molar-refractivity contribution in [2.45, 2.75) is 191 Å². The average Bonchev–Trinajstić information content (AvgIpc) is 3.20. The van der Waals surface area contributed by atoms with Crippen molar-refractivity contribution in [3.8, 4) is 0 Å². The number of benzene rings is 1. The van der Waals surface area contributed by atoms with Crippen LogP contribution in [-0.2, 0) is 39.4 Å². The minimum Gasteiger partial charge on any atom is -0.459 e. The van der Waals surface area contributed by atoms with Gasteiger partial charge in [0.15, 0.2) is 17.7 Å². The number of rotatable bonds is 8. The predicted molar refractivity (Wildman–Crippen MR) is 236 cm³/mol. The fourth-order valence-corrected chi connectivity index (χ4v) is 10.1. The summed E-state index contributed by atoms with van der Waals surface area (Å²) in [6, 6.07) is 3.06. The van der Waals surface area contributed by atoms with Crippen LogP contribution < -0.4 is 5.32 Å². The number of nitrogens with zero attached hydrogens (tertiary/aromatic N) is 2. The van der Waals surface area contributed by atoms with Crippen molar-refractivity contribution >= 4 is 29.0 Å². The number of carbonyl (C=O) groups excluding carboxylic acids is 1. The molecular weight excluding hydrogens is 864 g/mol. The van der Waals surface area contributed by atoms with E-state index < -0.39 is 114 Å². The number of hydrogen-bond acceptors (Lipinski definition) is 14. The molecule has 0 aliphatic carbocycles. The first kappa shape index (κ1) is 54.3. The van der Waals surface area contributed by atoms with E-state index in [1.165, 1.54) is 31.1 Å². The summed E-state index contributed by atoms with van der Waals surface area (Å²) >= 11 is 5.82. The highest BCUT2D eigenvalue weighted by molar-refractivity contribution is 7.80. The molecule has 3 fully saturated rings. The minimum absolute atomic E-state index is 0.00269. The molecule has 3 heterocycles. The second-order valence-electron chi connectivity index (χ2n) is 19.4. The number of hydrogen-bond donors (Lipinski definition) is 6. The maximum atomic E-state index is 14.5. The monoisotopic (exact) mass is 937 g/mol. The molecule has 0 bridgehead atoms. The van der Waals surface area contributed by atoms with Gasteiger partial charge in [0.05, 0.1) is 53.1 Å². The lowest BCUT2D eigenvalue weighted by Gasteiger charge is -2.49. The van der Waals surface area contributed by atoms with Gasteiger partial charge in [-0.05, 0) is 118 Å². The number of likely N-dealkylation sites (N-methyl/N-ethyl adjacent to an activating group) is 1. The molecule has 4 rings (SSSR count). The average molecular weight is 938 g/mol. The number of esters is 1. The number of ether oxygens (including phenoxy) is 6. The summed E-state index contributed by atoms with van der Waals surface area (Å²) in [6.07, 6.45) is -15.0. The zero-order chi connectivity index (χ0) is 48.4. The van der Waals surface area contributed by atoms with Gasteiger partial charge in [-0.3, -0.25) is 4.79 Å². The van der Waals surface area contributed by atoms with Gasteiger partial charge in [0.2, 0.25) is 0 Å². The Bertz CT molecular complexity index is 1710. The van der Waals surface area contributed by atoms with E-state index >= 15 is 0 Å². The van der Waals surface area contributed by atoms with Crippen molar-refractivity contribution < 1.29 is 71.9 Å². The number of methoxy groups -OCH3 is 1. The first-order chi connectivity index (χ1) is 29.5. The predicted octanol–water partition coefficient (Wildman–Crippen LogP) is 4.69. The van der Waals surface area contributed by atoms with Crippen LogP contribution in [0.3, 0.4) is 0 Å². The minimum atomic E-state index is -4.63. The smallest absolute Gasteiger partial charge is 0.416 e. The first-order valence-corrected chi connectivity index (χ1v) is 22.7. The standard InChI is InChI=1S/C45H74F3N3O12S/c1-14-32-44(10,57)36(53)27(6)51(41(64)49-30-17-15-16-29(19-30)45(46,47)48)22-23(2)20-42(8,56)38(63-40-34(52)31(50(11)12)18-24(3)59-40)25(4)35(26(5)39(55)61-32)62-33-21-43(9,58-13)37(54)28(7)60-33/h15-17,19,23-28,31-38,40,52-54,56-57H,14,18,20-22H2,1-13H3,(H,49,64)/t23-,24-,25+,26-,27-,28+,31+,32-,33+,34-,35+,36-,37+,38-,40+,42-,43-,44-/m1/s1. The number of aliphatic hydroxyl groups is 5. The highest BCUT2D eigenvalue weighted by atomic mass is 32.1. The van der Waals surface area contributed by atoms with Gasteiger partial charge in [0.25, 0.3) is 0 Å². The molecule has 0 aromatic heterocycles. The molecule has 3 saturated heterocycles. The molecule has 19 heteroatoms. The Hall–Kier alpha value is -2.27. The number of cyclic esters (lactones) is 1. The summed E-state index contributed by atoms with van der Waals surface area (Å²) < 4.78 is 78.8. The second kappa shape index (κ2) is 21.4.